The molecule has 4 rings (SSSR count). The molecule has 1 aromatic heterocycles. The number of hydrogen-bond acceptors (Lipinski definition) is 3. The SMILES string of the molecule is Cc1c([C@H](OC(C)(C)C)C(=O)O)c(-c2ccc(Cl)cc2)c2c(C)c(C)n3c2c1N(C)CC3. The molecule has 0 fully saturated rings. The van der Waals surface area contributed by atoms with Crippen molar-refractivity contribution in [2.24, 2.45) is 0 Å². The van der Waals surface area contributed by atoms with Crippen LogP contribution < -0.4 is 4.90 Å². The molecule has 1 N–H and O–H groups in total. The third kappa shape index (κ3) is 3.57. The smallest absolute Gasteiger partial charge is 0.337 e. The van der Waals surface area contributed by atoms with Gasteiger partial charge in [-0.2, -0.15) is 0 Å². The number of carbonyl (C=O) groups is 1. The maximum atomic E-state index is 12.6. The van der Waals surface area contributed by atoms with E-state index in [0.29, 0.717) is 10.6 Å². The summed E-state index contributed by atoms with van der Waals surface area (Å²) < 4.78 is 8.55. The Hall–Kier alpha value is -2.50. The van der Waals surface area contributed by atoms with Crippen LogP contribution in [-0.4, -0.2) is 34.8 Å². The first-order chi connectivity index (χ1) is 14.9. The number of aryl methyl sites for hydroxylation is 1. The lowest BCUT2D eigenvalue weighted by atomic mass is 9.86. The van der Waals surface area contributed by atoms with E-state index in [1.165, 1.54) is 16.8 Å². The van der Waals surface area contributed by atoms with Crippen molar-refractivity contribution in [3.05, 3.63) is 51.7 Å². The van der Waals surface area contributed by atoms with E-state index < -0.39 is 17.7 Å². The highest BCUT2D eigenvalue weighted by atomic mass is 35.5. The predicted molar refractivity (Wildman–Crippen MR) is 131 cm³/mol. The number of carboxylic acid groups (broad SMARTS) is 1. The first-order valence-electron chi connectivity index (χ1n) is 11.0. The normalized spacial score (nSPS) is 14.8. The highest BCUT2D eigenvalue weighted by Crippen LogP contribution is 2.49. The summed E-state index contributed by atoms with van der Waals surface area (Å²) in [7, 11) is 2.08. The van der Waals surface area contributed by atoms with Crippen LogP contribution in [0.15, 0.2) is 24.3 Å². The summed E-state index contributed by atoms with van der Waals surface area (Å²) in [4.78, 5) is 14.8. The van der Waals surface area contributed by atoms with Gasteiger partial charge in [-0.1, -0.05) is 23.7 Å². The van der Waals surface area contributed by atoms with E-state index in [1.807, 2.05) is 52.0 Å². The molecule has 0 bridgehead atoms. The minimum absolute atomic E-state index is 0.623. The maximum Gasteiger partial charge on any atom is 0.337 e. The topological polar surface area (TPSA) is 54.7 Å². The Labute approximate surface area is 194 Å². The summed E-state index contributed by atoms with van der Waals surface area (Å²) in [6.07, 6.45) is -1.10. The van der Waals surface area contributed by atoms with Gasteiger partial charge in [0, 0.05) is 41.8 Å². The summed E-state index contributed by atoms with van der Waals surface area (Å²) in [6.45, 7) is 13.7. The van der Waals surface area contributed by atoms with E-state index in [-0.39, 0.29) is 0 Å². The average molecular weight is 455 g/mol. The molecule has 6 heteroatoms. The lowest BCUT2D eigenvalue weighted by molar-refractivity contribution is -0.160. The third-order valence-corrected chi connectivity index (χ3v) is 6.72. The van der Waals surface area contributed by atoms with Crippen LogP contribution >= 0.6 is 11.6 Å². The molecule has 0 aliphatic carbocycles. The fraction of sp³-hybridized carbons (Fsp3) is 0.423. The molecule has 3 aromatic rings. The van der Waals surface area contributed by atoms with Gasteiger partial charge in [0.15, 0.2) is 6.10 Å². The lowest BCUT2D eigenvalue weighted by Gasteiger charge is -2.34. The van der Waals surface area contributed by atoms with Crippen LogP contribution in [-0.2, 0) is 16.1 Å². The number of rotatable bonds is 4. The van der Waals surface area contributed by atoms with Crippen molar-refractivity contribution in [2.75, 3.05) is 18.5 Å². The van der Waals surface area contributed by atoms with E-state index in [1.54, 1.807) is 0 Å². The Balaban J connectivity index is 2.21. The number of aliphatic carboxylic acids is 1. The van der Waals surface area contributed by atoms with Crippen LogP contribution in [0.25, 0.3) is 22.0 Å². The number of halogens is 1. The molecule has 1 atom stereocenters. The minimum Gasteiger partial charge on any atom is -0.479 e. The zero-order valence-electron chi connectivity index (χ0n) is 19.8. The molecular weight excluding hydrogens is 424 g/mol. The number of nitrogens with zero attached hydrogens (tertiary/aromatic N) is 2. The number of anilines is 1. The van der Waals surface area contributed by atoms with Crippen LogP contribution in [0.2, 0.25) is 5.02 Å². The second-order valence-corrected chi connectivity index (χ2v) is 10.2. The first-order valence-corrected chi connectivity index (χ1v) is 11.3. The van der Waals surface area contributed by atoms with Crippen molar-refractivity contribution < 1.29 is 14.6 Å². The Kier molecular flexibility index (Phi) is 5.54. The molecule has 5 nitrogen and oxygen atoms in total. The van der Waals surface area contributed by atoms with Gasteiger partial charge in [-0.25, -0.2) is 4.79 Å². The van der Waals surface area contributed by atoms with E-state index in [9.17, 15) is 9.90 Å². The number of ether oxygens (including phenoxy) is 1. The van der Waals surface area contributed by atoms with Crippen LogP contribution in [0.3, 0.4) is 0 Å². The van der Waals surface area contributed by atoms with E-state index >= 15 is 0 Å². The largest absolute Gasteiger partial charge is 0.479 e. The minimum atomic E-state index is -1.10. The van der Waals surface area contributed by atoms with E-state index in [4.69, 9.17) is 16.3 Å². The Bertz CT molecular complexity index is 1220. The monoisotopic (exact) mass is 454 g/mol. The molecule has 0 saturated carbocycles. The van der Waals surface area contributed by atoms with E-state index in [2.05, 4.69) is 30.4 Å². The molecule has 1 aliphatic rings. The third-order valence-electron chi connectivity index (χ3n) is 6.46. The van der Waals surface area contributed by atoms with Gasteiger partial charge in [-0.15, -0.1) is 0 Å². The average Bonchev–Trinajstić information content (AvgIpc) is 2.95. The second-order valence-electron chi connectivity index (χ2n) is 9.72. The van der Waals surface area contributed by atoms with Gasteiger partial charge in [0.05, 0.1) is 16.8 Å². The standard InChI is InChI=1S/C26H31ClN2O3/c1-14-16(3)29-13-12-28(7)22-15(2)20(24(25(30)31)32-26(4,5)6)21(19(14)23(22)29)17-8-10-18(27)11-9-17/h8-11,24H,12-13H2,1-7H3,(H,30,31)/t24-/m0/s1. The maximum absolute atomic E-state index is 12.6. The Morgan fingerprint density at radius 2 is 1.72 bits per heavy atom. The Morgan fingerprint density at radius 1 is 1.09 bits per heavy atom. The molecule has 0 saturated heterocycles. The second kappa shape index (κ2) is 7.82. The van der Waals surface area contributed by atoms with Gasteiger partial charge in [-0.05, 0) is 75.9 Å². The van der Waals surface area contributed by atoms with Crippen molar-refractivity contribution in [3.8, 4) is 11.1 Å². The summed E-state index contributed by atoms with van der Waals surface area (Å²) in [5, 5.41) is 12.0. The molecule has 1 aliphatic heterocycles. The van der Waals surface area contributed by atoms with Gasteiger partial charge >= 0.3 is 5.97 Å². The van der Waals surface area contributed by atoms with Gasteiger partial charge in [0.1, 0.15) is 0 Å². The number of benzene rings is 2. The quantitative estimate of drug-likeness (QED) is 0.504. The van der Waals surface area contributed by atoms with Crippen molar-refractivity contribution in [3.63, 3.8) is 0 Å². The molecule has 0 unspecified atom stereocenters. The number of carboxylic acids is 1. The summed E-state index contributed by atoms with van der Waals surface area (Å²) in [5.74, 6) is -0.989. The zero-order valence-corrected chi connectivity index (χ0v) is 20.6. The zero-order chi connectivity index (χ0) is 23.5. The number of likely N-dealkylation sites (N-methyl/N-ethyl adjacent to an activating group) is 1. The van der Waals surface area contributed by atoms with Crippen molar-refractivity contribution in [1.29, 1.82) is 0 Å². The van der Waals surface area contributed by atoms with Gasteiger partial charge < -0.3 is 19.3 Å². The fourth-order valence-corrected chi connectivity index (χ4v) is 5.11. The van der Waals surface area contributed by atoms with Crippen LogP contribution in [0.4, 0.5) is 5.69 Å². The molecule has 0 radical (unpaired) electrons. The van der Waals surface area contributed by atoms with Crippen LogP contribution in [0, 0.1) is 20.8 Å². The molecule has 2 aromatic carbocycles. The molecule has 0 amide bonds. The van der Waals surface area contributed by atoms with Crippen molar-refractivity contribution in [1.82, 2.24) is 4.57 Å². The highest BCUT2D eigenvalue weighted by Gasteiger charge is 2.36. The van der Waals surface area contributed by atoms with Gasteiger partial charge in [0.25, 0.3) is 0 Å². The van der Waals surface area contributed by atoms with Crippen LogP contribution in [0.5, 0.6) is 0 Å². The summed E-state index contributed by atoms with van der Waals surface area (Å²) >= 11 is 6.20. The number of aromatic nitrogens is 1. The molecule has 170 valence electrons. The van der Waals surface area contributed by atoms with Gasteiger partial charge in [0.2, 0.25) is 0 Å². The predicted octanol–water partition coefficient (Wildman–Crippen LogP) is 6.28. The fourth-order valence-electron chi connectivity index (χ4n) is 4.98. The first kappa shape index (κ1) is 22.7. The van der Waals surface area contributed by atoms with Crippen molar-refractivity contribution >= 4 is 34.2 Å². The summed E-state index contributed by atoms with van der Waals surface area (Å²) in [6, 6.07) is 7.65. The Morgan fingerprint density at radius 3 is 2.28 bits per heavy atom. The lowest BCUT2D eigenvalue weighted by Crippen LogP contribution is -2.31. The van der Waals surface area contributed by atoms with Gasteiger partial charge in [-0.3, -0.25) is 0 Å². The highest BCUT2D eigenvalue weighted by molar-refractivity contribution is 6.30. The van der Waals surface area contributed by atoms with Crippen LogP contribution in [0.1, 0.15) is 49.3 Å². The molecule has 0 spiro atoms. The van der Waals surface area contributed by atoms with Crippen molar-refractivity contribution in [2.45, 2.75) is 59.8 Å². The molecular formula is C26H31ClN2O3. The molecule has 32 heavy (non-hydrogen) atoms. The van der Waals surface area contributed by atoms with E-state index in [0.717, 1.165) is 40.9 Å². The number of hydrogen-bond donors (Lipinski definition) is 1. The molecule has 2 heterocycles. The summed E-state index contributed by atoms with van der Waals surface area (Å²) in [5.41, 5.74) is 7.53.